The second kappa shape index (κ2) is 59.5. The maximum Gasteiger partial charge on any atom is 0.0358 e. The zero-order chi connectivity index (χ0) is 43.7. The summed E-state index contributed by atoms with van der Waals surface area (Å²) < 4.78 is 0. The lowest BCUT2D eigenvalue weighted by atomic mass is 10.0. The largest absolute Gasteiger partial charge is 0.0979 e. The van der Waals surface area contributed by atoms with Gasteiger partial charge in [-0.05, 0) is 12.8 Å². The van der Waals surface area contributed by atoms with E-state index in [1.54, 1.807) is 0 Å². The molecular formula is C60H115P. The highest BCUT2D eigenvalue weighted by molar-refractivity contribution is 7.49. The Bertz CT molecular complexity index is 811. The van der Waals surface area contributed by atoms with E-state index in [2.05, 4.69) is 37.0 Å². The van der Waals surface area contributed by atoms with Crippen molar-refractivity contribution in [2.75, 3.05) is 0 Å². The molecule has 0 aromatic heterocycles. The second-order valence-electron chi connectivity index (χ2n) is 19.9. The van der Waals surface area contributed by atoms with Crippen LogP contribution in [-0.2, 0) is 0 Å². The fraction of sp³-hybridized carbons (Fsp3) is 0.933. The van der Waals surface area contributed by atoms with Gasteiger partial charge in [-0.15, -0.1) is 0 Å². The Morgan fingerprint density at radius 3 is 0.459 bits per heavy atom. The summed E-state index contributed by atoms with van der Waals surface area (Å²) in [6, 6.07) is 0. The molecule has 61 heavy (non-hydrogen) atoms. The van der Waals surface area contributed by atoms with E-state index in [0.29, 0.717) is 8.58 Å². The normalized spacial score (nSPS) is 11.2. The first kappa shape index (κ1) is 60.5. The average molecular weight is 868 g/mol. The van der Waals surface area contributed by atoms with Gasteiger partial charge < -0.3 is 0 Å². The van der Waals surface area contributed by atoms with E-state index < -0.39 is 0 Å². The minimum Gasteiger partial charge on any atom is -0.0979 e. The van der Waals surface area contributed by atoms with Gasteiger partial charge in [-0.25, -0.2) is 0 Å². The van der Waals surface area contributed by atoms with Crippen molar-refractivity contribution < 1.29 is 0 Å². The van der Waals surface area contributed by atoms with Crippen LogP contribution in [0.2, 0.25) is 0 Å². The van der Waals surface area contributed by atoms with Crippen LogP contribution >= 0.6 is 8.58 Å². The van der Waals surface area contributed by atoms with Gasteiger partial charge in [0.05, 0.1) is 0 Å². The lowest BCUT2D eigenvalue weighted by molar-refractivity contribution is 0.515. The molecule has 0 aliphatic heterocycles. The third kappa shape index (κ3) is 59.5. The standard InChI is InChI=1S/C60H115P/c1-3-5-7-9-11-13-15-17-19-21-23-25-27-29-31-33-35-37-39-41-43-45-47-49-51-53-55-57-59-61-60-58-56-54-52-50-48-46-44-42-40-38-36-34-32-30-28-26-24-22-20-18-16-14-12-10-8-6-4-2/h61H,3-56H2,1-2H3. The number of rotatable bonds is 52. The Morgan fingerprint density at radius 1 is 0.180 bits per heavy atom. The fourth-order valence-electron chi connectivity index (χ4n) is 9.30. The van der Waals surface area contributed by atoms with Crippen LogP contribution in [0.4, 0.5) is 0 Å². The van der Waals surface area contributed by atoms with Crippen molar-refractivity contribution in [3.05, 3.63) is 0 Å². The lowest BCUT2D eigenvalue weighted by Crippen LogP contribution is -1.84. The highest BCUT2D eigenvalue weighted by Crippen LogP contribution is 2.18. The lowest BCUT2D eigenvalue weighted by Gasteiger charge is -2.04. The van der Waals surface area contributed by atoms with Crippen molar-refractivity contribution in [1.82, 2.24) is 0 Å². The van der Waals surface area contributed by atoms with Crippen LogP contribution in [0.1, 0.15) is 361 Å². The van der Waals surface area contributed by atoms with E-state index in [1.165, 1.54) is 334 Å². The zero-order valence-corrected chi connectivity index (χ0v) is 43.7. The molecule has 0 aliphatic rings. The molecule has 0 spiro atoms. The molecule has 1 heteroatoms. The van der Waals surface area contributed by atoms with Gasteiger partial charge in [-0.1, -0.05) is 358 Å². The van der Waals surface area contributed by atoms with Gasteiger partial charge in [0.25, 0.3) is 0 Å². The van der Waals surface area contributed by atoms with Gasteiger partial charge in [-0.2, -0.15) is 0 Å². The molecule has 0 aromatic rings. The molecule has 0 atom stereocenters. The Balaban J connectivity index is 3.17. The van der Waals surface area contributed by atoms with Gasteiger partial charge in [0.1, 0.15) is 0 Å². The summed E-state index contributed by atoms with van der Waals surface area (Å²) >= 11 is 0. The van der Waals surface area contributed by atoms with Crippen LogP contribution in [-0.4, -0.2) is 0 Å². The summed E-state index contributed by atoms with van der Waals surface area (Å²) in [6.07, 6.45) is 77.8. The molecule has 0 saturated carbocycles. The summed E-state index contributed by atoms with van der Waals surface area (Å²) in [5.74, 6) is 6.77. The number of unbranched alkanes of at least 4 members (excludes halogenated alkanes) is 52. The molecule has 0 rings (SSSR count). The Morgan fingerprint density at radius 2 is 0.311 bits per heavy atom. The van der Waals surface area contributed by atoms with Crippen LogP contribution < -0.4 is 0 Å². The minimum absolute atomic E-state index is 0.529. The van der Waals surface area contributed by atoms with Crippen molar-refractivity contribution in [1.29, 1.82) is 0 Å². The van der Waals surface area contributed by atoms with Gasteiger partial charge in [-0.3, -0.25) is 0 Å². The quantitative estimate of drug-likeness (QED) is 0.0325. The molecule has 0 aliphatic carbocycles. The maximum atomic E-state index is 3.38. The Labute approximate surface area is 390 Å². The first-order valence-electron chi connectivity index (χ1n) is 29.1. The molecule has 0 N–H and O–H groups in total. The first-order valence-corrected chi connectivity index (χ1v) is 30.1. The van der Waals surface area contributed by atoms with Crippen LogP contribution in [0, 0.1) is 23.2 Å². The molecule has 0 heterocycles. The number of hydrogen-bond donors (Lipinski definition) is 0. The van der Waals surface area contributed by atoms with Gasteiger partial charge in [0, 0.05) is 21.4 Å². The molecule has 360 valence electrons. The number of hydrogen-bond acceptors (Lipinski definition) is 0. The SMILES string of the molecule is CCCCCCCCCCCCCCCCCCCCCCCCCCCCC#CPC#CCCCCCCCCCCCCCCCCCCCCCCCCCCCC. The topological polar surface area (TPSA) is 0 Å². The van der Waals surface area contributed by atoms with E-state index in [9.17, 15) is 0 Å². The zero-order valence-electron chi connectivity index (χ0n) is 42.7. The van der Waals surface area contributed by atoms with Crippen LogP contribution in [0.15, 0.2) is 0 Å². The van der Waals surface area contributed by atoms with Crippen molar-refractivity contribution >= 4 is 8.58 Å². The fourth-order valence-corrected chi connectivity index (χ4v) is 9.79. The monoisotopic (exact) mass is 867 g/mol. The van der Waals surface area contributed by atoms with Crippen molar-refractivity contribution in [3.63, 3.8) is 0 Å². The Hall–Kier alpha value is -0.450. The van der Waals surface area contributed by atoms with Gasteiger partial charge >= 0.3 is 0 Å². The molecule has 0 aromatic carbocycles. The molecule has 0 nitrogen and oxygen atoms in total. The summed E-state index contributed by atoms with van der Waals surface area (Å²) in [7, 11) is 0.529. The molecular weight excluding hydrogens is 752 g/mol. The smallest absolute Gasteiger partial charge is 0.0358 e. The third-order valence-electron chi connectivity index (χ3n) is 13.6. The van der Waals surface area contributed by atoms with E-state index in [1.807, 2.05) is 0 Å². The molecule has 0 fully saturated rings. The summed E-state index contributed by atoms with van der Waals surface area (Å²) in [5, 5.41) is 0. The summed E-state index contributed by atoms with van der Waals surface area (Å²) in [5.41, 5.74) is 6.66. The molecule has 0 unspecified atom stereocenters. The van der Waals surface area contributed by atoms with Crippen LogP contribution in [0.3, 0.4) is 0 Å². The van der Waals surface area contributed by atoms with E-state index in [4.69, 9.17) is 0 Å². The van der Waals surface area contributed by atoms with E-state index in [0.717, 1.165) is 12.8 Å². The summed E-state index contributed by atoms with van der Waals surface area (Å²) in [6.45, 7) is 4.62. The third-order valence-corrected chi connectivity index (χ3v) is 14.2. The molecule has 0 amide bonds. The predicted octanol–water partition coefficient (Wildman–Crippen LogP) is 22.7. The Kier molecular flexibility index (Phi) is 59.1. The van der Waals surface area contributed by atoms with Crippen molar-refractivity contribution in [3.8, 4) is 23.2 Å². The average Bonchev–Trinajstić information content (AvgIpc) is 3.27. The predicted molar refractivity (Wildman–Crippen MR) is 285 cm³/mol. The maximum absolute atomic E-state index is 3.38. The van der Waals surface area contributed by atoms with Crippen LogP contribution in [0.25, 0.3) is 0 Å². The van der Waals surface area contributed by atoms with Gasteiger partial charge in [0.2, 0.25) is 0 Å². The molecule has 0 saturated heterocycles. The highest BCUT2D eigenvalue weighted by atomic mass is 31.1. The van der Waals surface area contributed by atoms with Gasteiger partial charge in [0.15, 0.2) is 0 Å². The van der Waals surface area contributed by atoms with E-state index in [-0.39, 0.29) is 0 Å². The van der Waals surface area contributed by atoms with Crippen molar-refractivity contribution in [2.45, 2.75) is 361 Å². The van der Waals surface area contributed by atoms with Crippen molar-refractivity contribution in [2.24, 2.45) is 0 Å². The minimum atomic E-state index is 0.529. The second-order valence-corrected chi connectivity index (χ2v) is 20.7. The molecule has 0 radical (unpaired) electrons. The highest BCUT2D eigenvalue weighted by Gasteiger charge is 1.99. The first-order chi connectivity index (χ1) is 30.4. The molecule has 0 bridgehead atoms. The summed E-state index contributed by atoms with van der Waals surface area (Å²) in [4.78, 5) is 0. The van der Waals surface area contributed by atoms with Crippen LogP contribution in [0.5, 0.6) is 0 Å². The van der Waals surface area contributed by atoms with E-state index >= 15 is 0 Å².